The maximum absolute atomic E-state index is 13.1. The monoisotopic (exact) mass is 607 g/mol. The minimum Gasteiger partial charge on any atom is -0.496 e. The third kappa shape index (κ3) is 7.29. The molecule has 1 unspecified atom stereocenters. The molecule has 0 saturated carbocycles. The van der Waals surface area contributed by atoms with Crippen LogP contribution in [0.4, 0.5) is 17.1 Å². The first-order chi connectivity index (χ1) is 19.4. The van der Waals surface area contributed by atoms with Gasteiger partial charge in [0.2, 0.25) is 0 Å². The van der Waals surface area contributed by atoms with Crippen LogP contribution in [0, 0.1) is 20.2 Å². The number of sulfonamides is 1. The van der Waals surface area contributed by atoms with E-state index in [2.05, 4.69) is 4.72 Å². The third-order valence-electron chi connectivity index (χ3n) is 5.60. The fourth-order valence-corrected chi connectivity index (χ4v) is 5.77. The molecule has 16 heteroatoms. The normalized spacial score (nSPS) is 12.0. The summed E-state index contributed by atoms with van der Waals surface area (Å²) < 4.78 is 62.5. The summed E-state index contributed by atoms with van der Waals surface area (Å²) in [4.78, 5) is 19.8. The summed E-state index contributed by atoms with van der Waals surface area (Å²) in [6, 6.07) is 9.84. The number of rotatable bonds is 13. The zero-order valence-electron chi connectivity index (χ0n) is 22.2. The molecule has 0 aliphatic heterocycles. The number of nitro benzene ring substituents is 2. The summed E-state index contributed by atoms with van der Waals surface area (Å²) in [7, 11) is -0.469. The largest absolute Gasteiger partial charge is 0.496 e. The average molecular weight is 608 g/mol. The molecule has 0 saturated heterocycles. The van der Waals surface area contributed by atoms with Crippen molar-refractivity contribution in [3.05, 3.63) is 85.3 Å². The summed E-state index contributed by atoms with van der Waals surface area (Å²) in [6.45, 7) is 0. The Balaban J connectivity index is 1.90. The Bertz CT molecular complexity index is 1610. The van der Waals surface area contributed by atoms with Crippen molar-refractivity contribution in [1.82, 2.24) is 0 Å². The van der Waals surface area contributed by atoms with Gasteiger partial charge in [0.1, 0.15) is 23.0 Å². The second-order valence-electron chi connectivity index (χ2n) is 8.08. The molecule has 41 heavy (non-hydrogen) atoms. The van der Waals surface area contributed by atoms with Crippen LogP contribution in [-0.2, 0) is 26.6 Å². The summed E-state index contributed by atoms with van der Waals surface area (Å²) in [5.41, 5.74) is -0.736. The van der Waals surface area contributed by atoms with Crippen LogP contribution < -0.4 is 23.7 Å². The van der Waals surface area contributed by atoms with Gasteiger partial charge in [-0.15, -0.1) is 0 Å². The number of hydrogen-bond acceptors (Lipinski definition) is 11. The number of anilines is 1. The molecule has 3 aromatic carbocycles. The van der Waals surface area contributed by atoms with Crippen LogP contribution >= 0.6 is 0 Å². The molecule has 3 aromatic rings. The number of non-ortho nitro benzene ring substituents is 1. The average Bonchev–Trinajstić information content (AvgIpc) is 2.95. The van der Waals surface area contributed by atoms with Crippen molar-refractivity contribution in [1.29, 1.82) is 0 Å². The highest BCUT2D eigenvalue weighted by Crippen LogP contribution is 2.36. The molecule has 218 valence electrons. The molecule has 0 aliphatic carbocycles. The molecule has 0 aromatic heterocycles. The predicted octanol–water partition coefficient (Wildman–Crippen LogP) is 4.26. The van der Waals surface area contributed by atoms with Gasteiger partial charge < -0.3 is 18.9 Å². The van der Waals surface area contributed by atoms with Crippen molar-refractivity contribution in [2.75, 3.05) is 33.2 Å². The lowest BCUT2D eigenvalue weighted by atomic mass is 10.1. The molecule has 0 aliphatic rings. The van der Waals surface area contributed by atoms with Gasteiger partial charge in [0.25, 0.3) is 21.4 Å². The fraction of sp³-hybridized carbons (Fsp3) is 0.200. The van der Waals surface area contributed by atoms with Crippen molar-refractivity contribution in [3.63, 3.8) is 0 Å². The van der Waals surface area contributed by atoms with E-state index in [1.54, 1.807) is 24.3 Å². The minimum absolute atomic E-state index is 0.0340. The lowest BCUT2D eigenvalue weighted by Gasteiger charge is -2.14. The SMILES string of the molecule is COc1cc(OC)c(C=CS(=O)Cc2ccc(OC)c(NS(=O)(=O)c3ccc([N+](=O)[O-])cc3[N+](=O)[O-])c2)c(OC)c1. The van der Waals surface area contributed by atoms with E-state index in [-0.39, 0.29) is 17.2 Å². The van der Waals surface area contributed by atoms with Gasteiger partial charge in [-0.2, -0.15) is 0 Å². The standard InChI is InChI=1S/C25H25N3O11S2/c1-36-18-13-23(38-3)19(24(14-18)39-4)9-10-40(33)15-16-5-7-22(37-2)20(11-16)26-41(34,35)25-8-6-17(27(29)30)12-21(25)28(31)32/h5-14,26H,15H2,1-4H3. The van der Waals surface area contributed by atoms with Gasteiger partial charge in [-0.3, -0.25) is 29.2 Å². The van der Waals surface area contributed by atoms with Crippen LogP contribution in [0.15, 0.2) is 58.8 Å². The second kappa shape index (κ2) is 13.1. The van der Waals surface area contributed by atoms with Crippen molar-refractivity contribution in [2.45, 2.75) is 10.6 Å². The zero-order valence-corrected chi connectivity index (χ0v) is 23.8. The zero-order chi connectivity index (χ0) is 30.3. The predicted molar refractivity (Wildman–Crippen MR) is 151 cm³/mol. The summed E-state index contributed by atoms with van der Waals surface area (Å²) in [6.07, 6.45) is 1.56. The van der Waals surface area contributed by atoms with Crippen molar-refractivity contribution in [2.24, 2.45) is 0 Å². The van der Waals surface area contributed by atoms with Crippen molar-refractivity contribution in [3.8, 4) is 23.0 Å². The van der Waals surface area contributed by atoms with Crippen LogP contribution in [0.5, 0.6) is 23.0 Å². The van der Waals surface area contributed by atoms with Gasteiger partial charge in [0, 0.05) is 23.6 Å². The number of ether oxygens (including phenoxy) is 4. The second-order valence-corrected chi connectivity index (χ2v) is 11.1. The van der Waals surface area contributed by atoms with Gasteiger partial charge in [-0.25, -0.2) is 8.42 Å². The molecule has 3 rings (SSSR count). The highest BCUT2D eigenvalue weighted by Gasteiger charge is 2.29. The molecule has 0 amide bonds. The number of methoxy groups -OCH3 is 4. The quantitative estimate of drug-likeness (QED) is 0.216. The van der Waals surface area contributed by atoms with Gasteiger partial charge in [0.05, 0.1) is 72.2 Å². The van der Waals surface area contributed by atoms with E-state index in [4.69, 9.17) is 18.9 Å². The first kappa shape index (κ1) is 30.8. The molecule has 1 N–H and O–H groups in total. The van der Waals surface area contributed by atoms with Gasteiger partial charge in [-0.1, -0.05) is 6.07 Å². The van der Waals surface area contributed by atoms with E-state index in [0.717, 1.165) is 12.1 Å². The van der Waals surface area contributed by atoms with E-state index >= 15 is 0 Å². The molecule has 0 radical (unpaired) electrons. The summed E-state index contributed by atoms with van der Waals surface area (Å²) >= 11 is 0. The molecule has 0 fully saturated rings. The van der Waals surface area contributed by atoms with Gasteiger partial charge in [-0.05, 0) is 29.8 Å². The number of benzene rings is 3. The van der Waals surface area contributed by atoms with E-state index in [1.807, 2.05) is 0 Å². The number of nitrogens with one attached hydrogen (secondary N) is 1. The highest BCUT2D eigenvalue weighted by atomic mass is 32.2. The molecule has 0 heterocycles. The third-order valence-corrected chi connectivity index (χ3v) is 8.07. The van der Waals surface area contributed by atoms with Crippen LogP contribution in [-0.4, -0.2) is 50.9 Å². The van der Waals surface area contributed by atoms with Crippen LogP contribution in [0.3, 0.4) is 0 Å². The lowest BCUT2D eigenvalue weighted by Crippen LogP contribution is -2.16. The van der Waals surface area contributed by atoms with Gasteiger partial charge >= 0.3 is 0 Å². The molecule has 0 bridgehead atoms. The van der Waals surface area contributed by atoms with E-state index in [1.165, 1.54) is 46.0 Å². The topological polar surface area (TPSA) is 186 Å². The Morgan fingerprint density at radius 2 is 1.49 bits per heavy atom. The number of hydrogen-bond donors (Lipinski definition) is 1. The lowest BCUT2D eigenvalue weighted by molar-refractivity contribution is -0.396. The number of nitrogens with zero attached hydrogens (tertiary/aromatic N) is 2. The molecular weight excluding hydrogens is 582 g/mol. The first-order valence-electron chi connectivity index (χ1n) is 11.4. The minimum atomic E-state index is -4.60. The van der Waals surface area contributed by atoms with Crippen LogP contribution in [0.25, 0.3) is 6.08 Å². The maximum Gasteiger partial charge on any atom is 0.296 e. The highest BCUT2D eigenvalue weighted by molar-refractivity contribution is 7.92. The Labute approximate surface area is 237 Å². The van der Waals surface area contributed by atoms with Crippen LogP contribution in [0.2, 0.25) is 0 Å². The Kier molecular flexibility index (Phi) is 9.85. The van der Waals surface area contributed by atoms with E-state index in [9.17, 15) is 32.9 Å². The number of nitro groups is 2. The van der Waals surface area contributed by atoms with Crippen LogP contribution in [0.1, 0.15) is 11.1 Å². The molecule has 1 atom stereocenters. The van der Waals surface area contributed by atoms with E-state index in [0.29, 0.717) is 34.4 Å². The molecular formula is C25H25N3O11S2. The summed E-state index contributed by atoms with van der Waals surface area (Å²) in [5.74, 6) is 1.40. The van der Waals surface area contributed by atoms with Crippen molar-refractivity contribution >= 4 is 44.0 Å². The Morgan fingerprint density at radius 3 is 2.02 bits per heavy atom. The van der Waals surface area contributed by atoms with Crippen molar-refractivity contribution < 1.29 is 41.4 Å². The summed E-state index contributed by atoms with van der Waals surface area (Å²) in [5, 5.41) is 23.9. The first-order valence-corrected chi connectivity index (χ1v) is 14.3. The van der Waals surface area contributed by atoms with Gasteiger partial charge in [0.15, 0.2) is 4.90 Å². The fourth-order valence-electron chi connectivity index (χ4n) is 3.67. The molecule has 14 nitrogen and oxygen atoms in total. The van der Waals surface area contributed by atoms with E-state index < -0.39 is 46.9 Å². The Hall–Kier alpha value is -4.70. The maximum atomic E-state index is 13.1. The Morgan fingerprint density at radius 1 is 0.854 bits per heavy atom. The molecule has 0 spiro atoms. The smallest absolute Gasteiger partial charge is 0.296 e.